The Morgan fingerprint density at radius 1 is 1.40 bits per heavy atom. The van der Waals surface area contributed by atoms with E-state index in [0.717, 1.165) is 0 Å². The molecule has 0 saturated heterocycles. The van der Waals surface area contributed by atoms with E-state index in [9.17, 15) is 0 Å². The van der Waals surface area contributed by atoms with Crippen molar-refractivity contribution in [2.75, 3.05) is 5.43 Å². The monoisotopic (exact) mass is 136 g/mol. The van der Waals surface area contributed by atoms with Crippen molar-refractivity contribution in [1.82, 2.24) is 10.3 Å². The summed E-state index contributed by atoms with van der Waals surface area (Å²) in [7, 11) is 0. The number of hydrogen-bond acceptors (Lipinski definition) is 5. The first-order valence-electron chi connectivity index (χ1n) is 2.75. The van der Waals surface area contributed by atoms with Crippen molar-refractivity contribution in [3.63, 3.8) is 0 Å². The SMILES string of the molecule is C1=Cc2nonc2NN=C1. The third-order valence-corrected chi connectivity index (χ3v) is 1.10. The van der Waals surface area contributed by atoms with Crippen LogP contribution in [0.5, 0.6) is 0 Å². The van der Waals surface area contributed by atoms with Crippen LogP contribution in [0.25, 0.3) is 6.08 Å². The first-order valence-corrected chi connectivity index (χ1v) is 2.75. The van der Waals surface area contributed by atoms with E-state index in [0.29, 0.717) is 11.5 Å². The Bertz CT molecular complexity index is 288. The molecule has 5 nitrogen and oxygen atoms in total. The molecule has 0 spiro atoms. The van der Waals surface area contributed by atoms with Gasteiger partial charge in [0.25, 0.3) is 0 Å². The quantitative estimate of drug-likeness (QED) is 0.563. The average Bonchev–Trinajstić information content (AvgIpc) is 2.28. The van der Waals surface area contributed by atoms with Gasteiger partial charge in [-0.15, -0.1) is 0 Å². The van der Waals surface area contributed by atoms with Gasteiger partial charge in [0.2, 0.25) is 5.82 Å². The molecule has 1 aromatic rings. The highest BCUT2D eigenvalue weighted by molar-refractivity contribution is 5.81. The Kier molecular flexibility index (Phi) is 1.00. The number of nitrogens with zero attached hydrogens (tertiary/aromatic N) is 3. The third-order valence-electron chi connectivity index (χ3n) is 1.10. The molecule has 50 valence electrons. The molecule has 0 unspecified atom stereocenters. The number of hydrogen-bond donors (Lipinski definition) is 1. The first-order chi connectivity index (χ1) is 4.97. The summed E-state index contributed by atoms with van der Waals surface area (Å²) in [4.78, 5) is 0. The molecule has 1 aliphatic rings. The molecule has 0 saturated carbocycles. The molecule has 0 amide bonds. The largest absolute Gasteiger partial charge is 0.257 e. The van der Waals surface area contributed by atoms with E-state index >= 15 is 0 Å². The number of anilines is 1. The van der Waals surface area contributed by atoms with Crippen molar-refractivity contribution in [2.45, 2.75) is 0 Å². The van der Waals surface area contributed by atoms with Crippen LogP contribution in [0.1, 0.15) is 5.69 Å². The fourth-order valence-electron chi connectivity index (χ4n) is 0.658. The zero-order valence-corrected chi connectivity index (χ0v) is 4.98. The second kappa shape index (κ2) is 1.94. The van der Waals surface area contributed by atoms with Gasteiger partial charge in [-0.1, -0.05) is 0 Å². The molecule has 0 aromatic carbocycles. The molecule has 0 fully saturated rings. The minimum Gasteiger partial charge on any atom is -0.257 e. The Hall–Kier alpha value is -1.65. The van der Waals surface area contributed by atoms with Gasteiger partial charge in [-0.2, -0.15) is 5.10 Å². The molecule has 0 atom stereocenters. The summed E-state index contributed by atoms with van der Waals surface area (Å²) in [6.45, 7) is 0. The molecule has 5 heteroatoms. The van der Waals surface area contributed by atoms with Crippen LogP contribution in [0, 0.1) is 0 Å². The predicted molar refractivity (Wildman–Crippen MR) is 35.4 cm³/mol. The lowest BCUT2D eigenvalue weighted by Gasteiger charge is -1.86. The fraction of sp³-hybridized carbons (Fsp3) is 0. The van der Waals surface area contributed by atoms with E-state index in [-0.39, 0.29) is 0 Å². The molecule has 0 aliphatic carbocycles. The third kappa shape index (κ3) is 0.680. The molecule has 2 rings (SSSR count). The lowest BCUT2D eigenvalue weighted by atomic mass is 10.4. The second-order valence-electron chi connectivity index (χ2n) is 1.75. The van der Waals surface area contributed by atoms with Crippen LogP contribution in [0.3, 0.4) is 0 Å². The summed E-state index contributed by atoms with van der Waals surface area (Å²) >= 11 is 0. The van der Waals surface area contributed by atoms with Gasteiger partial charge in [0.15, 0.2) is 5.69 Å². The Morgan fingerprint density at radius 3 is 3.40 bits per heavy atom. The molecule has 1 aromatic heterocycles. The van der Waals surface area contributed by atoms with E-state index in [1.807, 2.05) is 0 Å². The van der Waals surface area contributed by atoms with Crippen molar-refractivity contribution in [1.29, 1.82) is 0 Å². The Labute approximate surface area is 56.4 Å². The van der Waals surface area contributed by atoms with E-state index in [1.54, 1.807) is 18.4 Å². The van der Waals surface area contributed by atoms with Gasteiger partial charge in [0.05, 0.1) is 0 Å². The van der Waals surface area contributed by atoms with Gasteiger partial charge in [0.1, 0.15) is 0 Å². The maximum absolute atomic E-state index is 4.44. The summed E-state index contributed by atoms with van der Waals surface area (Å²) < 4.78 is 4.44. The highest BCUT2D eigenvalue weighted by atomic mass is 16.6. The van der Waals surface area contributed by atoms with Crippen molar-refractivity contribution in [3.8, 4) is 0 Å². The number of aromatic nitrogens is 2. The normalized spacial score (nSPS) is 14.0. The number of hydrazone groups is 1. The highest BCUT2D eigenvalue weighted by Gasteiger charge is 2.05. The maximum Gasteiger partial charge on any atom is 0.218 e. The highest BCUT2D eigenvalue weighted by Crippen LogP contribution is 2.11. The van der Waals surface area contributed by atoms with Gasteiger partial charge in [0, 0.05) is 6.21 Å². The molecule has 0 bridgehead atoms. The van der Waals surface area contributed by atoms with Gasteiger partial charge in [-0.05, 0) is 22.5 Å². The lowest BCUT2D eigenvalue weighted by Crippen LogP contribution is -1.87. The van der Waals surface area contributed by atoms with Crippen LogP contribution >= 0.6 is 0 Å². The van der Waals surface area contributed by atoms with Gasteiger partial charge >= 0.3 is 0 Å². The fourth-order valence-corrected chi connectivity index (χ4v) is 0.658. The van der Waals surface area contributed by atoms with Crippen LogP contribution in [0.4, 0.5) is 5.82 Å². The molecule has 1 aliphatic heterocycles. The van der Waals surface area contributed by atoms with Crippen LogP contribution < -0.4 is 5.43 Å². The summed E-state index contributed by atoms with van der Waals surface area (Å²) in [5.41, 5.74) is 3.31. The topological polar surface area (TPSA) is 63.3 Å². The summed E-state index contributed by atoms with van der Waals surface area (Å²) in [6.07, 6.45) is 5.13. The number of nitrogens with one attached hydrogen (secondary N) is 1. The number of allylic oxidation sites excluding steroid dienone is 1. The average molecular weight is 136 g/mol. The first kappa shape index (κ1) is 5.16. The minimum atomic E-state index is 0.546. The molecule has 0 radical (unpaired) electrons. The molecule has 10 heavy (non-hydrogen) atoms. The Balaban J connectivity index is 2.50. The second-order valence-corrected chi connectivity index (χ2v) is 1.75. The van der Waals surface area contributed by atoms with Gasteiger partial charge < -0.3 is 0 Å². The van der Waals surface area contributed by atoms with Gasteiger partial charge in [-0.25, -0.2) is 4.63 Å². The number of rotatable bonds is 0. The van der Waals surface area contributed by atoms with Crippen molar-refractivity contribution in [3.05, 3.63) is 11.8 Å². The van der Waals surface area contributed by atoms with E-state index in [2.05, 4.69) is 25.5 Å². The summed E-state index contributed by atoms with van der Waals surface area (Å²) in [5.74, 6) is 0.546. The smallest absolute Gasteiger partial charge is 0.218 e. The number of fused-ring (bicyclic) bond motifs is 1. The Morgan fingerprint density at radius 2 is 2.40 bits per heavy atom. The lowest BCUT2D eigenvalue weighted by molar-refractivity contribution is 0.307. The predicted octanol–water partition coefficient (Wildman–Crippen LogP) is 0.494. The van der Waals surface area contributed by atoms with Crippen LogP contribution in [-0.4, -0.2) is 16.5 Å². The zero-order chi connectivity index (χ0) is 6.81. The molecular formula is C5H4N4O. The zero-order valence-electron chi connectivity index (χ0n) is 4.98. The molecule has 1 N–H and O–H groups in total. The van der Waals surface area contributed by atoms with Crippen molar-refractivity contribution < 1.29 is 4.63 Å². The van der Waals surface area contributed by atoms with E-state index < -0.39 is 0 Å². The van der Waals surface area contributed by atoms with E-state index in [4.69, 9.17) is 0 Å². The van der Waals surface area contributed by atoms with Crippen LogP contribution in [0.2, 0.25) is 0 Å². The van der Waals surface area contributed by atoms with Crippen LogP contribution in [0.15, 0.2) is 15.8 Å². The summed E-state index contributed by atoms with van der Waals surface area (Å²) in [5, 5.41) is 10.9. The van der Waals surface area contributed by atoms with Crippen molar-refractivity contribution >= 4 is 18.1 Å². The maximum atomic E-state index is 4.44. The molecular weight excluding hydrogens is 132 g/mol. The summed E-state index contributed by atoms with van der Waals surface area (Å²) in [6, 6.07) is 0. The van der Waals surface area contributed by atoms with Crippen LogP contribution in [-0.2, 0) is 0 Å². The van der Waals surface area contributed by atoms with Crippen molar-refractivity contribution in [2.24, 2.45) is 5.10 Å². The standard InChI is InChI=1S/C5H4N4O/c1-2-4-5(7-6-3-1)9-10-8-4/h1-3H,(H,7,9). The van der Waals surface area contributed by atoms with E-state index in [1.165, 1.54) is 0 Å². The minimum absolute atomic E-state index is 0.546. The molecule has 2 heterocycles. The van der Waals surface area contributed by atoms with Gasteiger partial charge in [-0.3, -0.25) is 5.43 Å².